The van der Waals surface area contributed by atoms with Crippen LogP contribution in [0, 0.1) is 6.92 Å². The van der Waals surface area contributed by atoms with Crippen LogP contribution < -0.4 is 10.5 Å². The first-order valence-corrected chi connectivity index (χ1v) is 9.85. The average Bonchev–Trinajstić information content (AvgIpc) is 3.37. The lowest BCUT2D eigenvalue weighted by molar-refractivity contribution is 0.122. The van der Waals surface area contributed by atoms with Crippen LogP contribution in [0.5, 0.6) is 0 Å². The molecule has 0 N–H and O–H groups in total. The van der Waals surface area contributed by atoms with Gasteiger partial charge in [0, 0.05) is 18.7 Å². The summed E-state index contributed by atoms with van der Waals surface area (Å²) in [5.74, 6) is 0.651. The van der Waals surface area contributed by atoms with Crippen molar-refractivity contribution in [2.45, 2.75) is 6.92 Å². The van der Waals surface area contributed by atoms with E-state index in [1.54, 1.807) is 15.6 Å². The predicted octanol–water partition coefficient (Wildman–Crippen LogP) is 2.17. The van der Waals surface area contributed by atoms with Crippen molar-refractivity contribution in [2.24, 2.45) is 0 Å². The van der Waals surface area contributed by atoms with Gasteiger partial charge in [0.25, 0.3) is 5.56 Å². The number of fused-ring (bicyclic) bond motifs is 1. The average molecular weight is 394 g/mol. The van der Waals surface area contributed by atoms with Crippen molar-refractivity contribution in [3.63, 3.8) is 0 Å². The highest BCUT2D eigenvalue weighted by Gasteiger charge is 2.24. The maximum Gasteiger partial charge on any atom is 0.268 e. The molecule has 1 aliphatic rings. The molecule has 8 nitrogen and oxygen atoms in total. The van der Waals surface area contributed by atoms with E-state index in [1.165, 1.54) is 17.7 Å². The molecule has 0 unspecified atom stereocenters. The third kappa shape index (κ3) is 2.71. The topological polar surface area (TPSA) is 78.1 Å². The number of benzene rings is 1. The zero-order valence-electron chi connectivity index (χ0n) is 15.3. The van der Waals surface area contributed by atoms with Crippen molar-refractivity contribution in [1.29, 1.82) is 0 Å². The van der Waals surface area contributed by atoms with Crippen LogP contribution in [-0.2, 0) is 4.74 Å². The lowest BCUT2D eigenvalue weighted by atomic mass is 10.2. The number of hydrogen-bond acceptors (Lipinski definition) is 7. The Morgan fingerprint density at radius 3 is 2.64 bits per heavy atom. The van der Waals surface area contributed by atoms with Gasteiger partial charge in [-0.25, -0.2) is 19.2 Å². The van der Waals surface area contributed by atoms with Crippen molar-refractivity contribution >= 4 is 27.5 Å². The standard InChI is InChI=1S/C19H18N6O2S/c1-13-15-16(28-18(13)24-12-20-11-21-24)22-19(23-7-9-27-10-8-23)25(17(15)26)14-5-3-2-4-6-14/h2-6,11-12H,7-10H2,1H3. The summed E-state index contributed by atoms with van der Waals surface area (Å²) in [4.78, 5) is 25.4. The first kappa shape index (κ1) is 17.1. The highest BCUT2D eigenvalue weighted by atomic mass is 32.1. The number of ether oxygens (including phenoxy) is 1. The first-order valence-electron chi connectivity index (χ1n) is 9.03. The van der Waals surface area contributed by atoms with Crippen LogP contribution in [0.15, 0.2) is 47.8 Å². The van der Waals surface area contributed by atoms with Crippen LogP contribution in [0.1, 0.15) is 5.56 Å². The minimum Gasteiger partial charge on any atom is -0.378 e. The van der Waals surface area contributed by atoms with Gasteiger partial charge in [0.2, 0.25) is 5.95 Å². The van der Waals surface area contributed by atoms with E-state index in [0.29, 0.717) is 42.5 Å². The van der Waals surface area contributed by atoms with E-state index >= 15 is 0 Å². The number of aromatic nitrogens is 5. The first-order chi connectivity index (χ1) is 13.7. The molecule has 0 spiro atoms. The molecule has 142 valence electrons. The molecule has 0 bridgehead atoms. The van der Waals surface area contributed by atoms with Gasteiger partial charge in [-0.3, -0.25) is 4.79 Å². The number of rotatable bonds is 3. The second-order valence-electron chi connectivity index (χ2n) is 6.54. The largest absolute Gasteiger partial charge is 0.378 e. The molecule has 0 atom stereocenters. The number of nitrogens with zero attached hydrogens (tertiary/aromatic N) is 6. The van der Waals surface area contributed by atoms with Crippen LogP contribution in [0.2, 0.25) is 0 Å². The Kier molecular flexibility index (Phi) is 4.18. The van der Waals surface area contributed by atoms with E-state index in [9.17, 15) is 4.79 Å². The molecule has 0 saturated carbocycles. The normalized spacial score (nSPS) is 14.7. The maximum atomic E-state index is 13.6. The summed E-state index contributed by atoms with van der Waals surface area (Å²) in [6.07, 6.45) is 3.12. The maximum absolute atomic E-state index is 13.6. The van der Waals surface area contributed by atoms with Crippen molar-refractivity contribution in [3.8, 4) is 10.7 Å². The molecule has 1 aromatic carbocycles. The number of anilines is 1. The third-order valence-corrected chi connectivity index (χ3v) is 6.03. The van der Waals surface area contributed by atoms with Gasteiger partial charge in [0.1, 0.15) is 22.5 Å². The molecular weight excluding hydrogens is 376 g/mol. The van der Waals surface area contributed by atoms with Gasteiger partial charge in [-0.15, -0.1) is 0 Å². The summed E-state index contributed by atoms with van der Waals surface area (Å²) in [6, 6.07) is 9.65. The van der Waals surface area contributed by atoms with Crippen LogP contribution in [0.3, 0.4) is 0 Å². The SMILES string of the molecule is Cc1c(-n2cncn2)sc2nc(N3CCOCC3)n(-c3ccccc3)c(=O)c12. The van der Waals surface area contributed by atoms with Crippen LogP contribution in [0.25, 0.3) is 20.9 Å². The molecule has 4 aromatic rings. The fourth-order valence-corrected chi connectivity index (χ4v) is 4.57. The van der Waals surface area contributed by atoms with E-state index in [4.69, 9.17) is 9.72 Å². The minimum atomic E-state index is -0.0715. The van der Waals surface area contributed by atoms with Gasteiger partial charge < -0.3 is 9.64 Å². The van der Waals surface area contributed by atoms with Crippen LogP contribution in [-0.4, -0.2) is 50.6 Å². The monoisotopic (exact) mass is 394 g/mol. The molecule has 3 aromatic heterocycles. The van der Waals surface area contributed by atoms with E-state index in [1.807, 2.05) is 37.3 Å². The lowest BCUT2D eigenvalue weighted by Crippen LogP contribution is -2.40. The van der Waals surface area contributed by atoms with Gasteiger partial charge in [0.15, 0.2) is 0 Å². The van der Waals surface area contributed by atoms with Crippen molar-refractivity contribution in [1.82, 2.24) is 24.3 Å². The Labute approximate surface area is 164 Å². The highest BCUT2D eigenvalue weighted by molar-refractivity contribution is 7.21. The molecule has 1 aliphatic heterocycles. The Hall–Kier alpha value is -3.04. The zero-order chi connectivity index (χ0) is 19.1. The Morgan fingerprint density at radius 1 is 1.14 bits per heavy atom. The van der Waals surface area contributed by atoms with Crippen LogP contribution >= 0.6 is 11.3 Å². The molecule has 0 amide bonds. The summed E-state index contributed by atoms with van der Waals surface area (Å²) < 4.78 is 8.87. The van der Waals surface area contributed by atoms with E-state index < -0.39 is 0 Å². The summed E-state index contributed by atoms with van der Waals surface area (Å²) in [5.41, 5.74) is 1.59. The fraction of sp³-hybridized carbons (Fsp3) is 0.263. The number of aryl methyl sites for hydroxylation is 1. The summed E-state index contributed by atoms with van der Waals surface area (Å²) in [7, 11) is 0. The molecule has 9 heteroatoms. The predicted molar refractivity (Wildman–Crippen MR) is 108 cm³/mol. The molecule has 0 aliphatic carbocycles. The summed E-state index contributed by atoms with van der Waals surface area (Å²) in [5, 5.41) is 5.70. The Morgan fingerprint density at radius 2 is 1.93 bits per heavy atom. The molecule has 4 heterocycles. The second kappa shape index (κ2) is 6.84. The quantitative estimate of drug-likeness (QED) is 0.530. The van der Waals surface area contributed by atoms with Crippen molar-refractivity contribution in [3.05, 3.63) is 58.9 Å². The van der Waals surface area contributed by atoms with E-state index in [0.717, 1.165) is 16.3 Å². The van der Waals surface area contributed by atoms with E-state index in [2.05, 4.69) is 15.0 Å². The van der Waals surface area contributed by atoms with Gasteiger partial charge in [-0.2, -0.15) is 5.10 Å². The zero-order valence-corrected chi connectivity index (χ0v) is 16.1. The molecule has 28 heavy (non-hydrogen) atoms. The number of para-hydroxylation sites is 1. The fourth-order valence-electron chi connectivity index (χ4n) is 3.48. The van der Waals surface area contributed by atoms with Gasteiger partial charge >= 0.3 is 0 Å². The smallest absolute Gasteiger partial charge is 0.268 e. The Balaban J connectivity index is 1.80. The number of thiophene rings is 1. The van der Waals surface area contributed by atoms with Crippen LogP contribution in [0.4, 0.5) is 5.95 Å². The highest BCUT2D eigenvalue weighted by Crippen LogP contribution is 2.32. The molecule has 1 saturated heterocycles. The lowest BCUT2D eigenvalue weighted by Gasteiger charge is -2.29. The third-order valence-electron chi connectivity index (χ3n) is 4.86. The van der Waals surface area contributed by atoms with Gasteiger partial charge in [-0.05, 0) is 19.1 Å². The summed E-state index contributed by atoms with van der Waals surface area (Å²) >= 11 is 1.46. The van der Waals surface area contributed by atoms with Gasteiger partial charge in [-0.1, -0.05) is 29.5 Å². The molecular formula is C19H18N6O2S. The summed E-state index contributed by atoms with van der Waals surface area (Å²) in [6.45, 7) is 4.57. The molecule has 5 rings (SSSR count). The van der Waals surface area contributed by atoms with E-state index in [-0.39, 0.29) is 5.56 Å². The molecule has 0 radical (unpaired) electrons. The minimum absolute atomic E-state index is 0.0715. The Bertz CT molecular complexity index is 1180. The molecule has 1 fully saturated rings. The van der Waals surface area contributed by atoms with Crippen molar-refractivity contribution < 1.29 is 4.74 Å². The number of hydrogen-bond donors (Lipinski definition) is 0. The van der Waals surface area contributed by atoms with Gasteiger partial charge in [0.05, 0.1) is 24.3 Å². The second-order valence-corrected chi connectivity index (χ2v) is 7.52. The number of morpholine rings is 1. The van der Waals surface area contributed by atoms with Crippen molar-refractivity contribution in [2.75, 3.05) is 31.2 Å².